The summed E-state index contributed by atoms with van der Waals surface area (Å²) >= 11 is 1.21. The van der Waals surface area contributed by atoms with Crippen molar-refractivity contribution in [1.82, 2.24) is 0 Å². The normalized spacial score (nSPS) is 19.6. The van der Waals surface area contributed by atoms with Gasteiger partial charge in [0.2, 0.25) is 5.91 Å². The monoisotopic (exact) mass is 241 g/mol. The molecule has 16 heavy (non-hydrogen) atoms. The van der Waals surface area contributed by atoms with E-state index in [2.05, 4.69) is 5.32 Å². The topological polar surface area (TPSA) is 75.6 Å². The van der Waals surface area contributed by atoms with Crippen LogP contribution in [0.15, 0.2) is 11.4 Å². The third kappa shape index (κ3) is 2.23. The van der Waals surface area contributed by atoms with E-state index in [4.69, 9.17) is 9.84 Å². The molecule has 1 aromatic rings. The molecule has 1 fully saturated rings. The lowest BCUT2D eigenvalue weighted by molar-refractivity contribution is -0.119. The van der Waals surface area contributed by atoms with Gasteiger partial charge in [0.25, 0.3) is 0 Å². The first-order chi connectivity index (χ1) is 7.68. The number of ether oxygens (including phenoxy) is 1. The highest BCUT2D eigenvalue weighted by atomic mass is 32.1. The van der Waals surface area contributed by atoms with E-state index < -0.39 is 5.97 Å². The summed E-state index contributed by atoms with van der Waals surface area (Å²) in [5, 5.41) is 13.5. The lowest BCUT2D eigenvalue weighted by Crippen LogP contribution is -2.23. The largest absolute Gasteiger partial charge is 0.478 e. The summed E-state index contributed by atoms with van der Waals surface area (Å²) in [5.74, 6) is -1.36. The van der Waals surface area contributed by atoms with Crippen LogP contribution in [0.25, 0.3) is 0 Å². The van der Waals surface area contributed by atoms with E-state index in [1.165, 1.54) is 17.4 Å². The second-order valence-electron chi connectivity index (χ2n) is 3.52. The molecule has 2 rings (SSSR count). The number of amides is 1. The molecule has 0 saturated carbocycles. The highest BCUT2D eigenvalue weighted by Gasteiger charge is 2.25. The predicted molar refractivity (Wildman–Crippen MR) is 58.8 cm³/mol. The number of hydrogen-bond acceptors (Lipinski definition) is 4. The fourth-order valence-corrected chi connectivity index (χ4v) is 2.31. The zero-order chi connectivity index (χ0) is 11.5. The molecule has 1 amide bonds. The third-order valence-corrected chi connectivity index (χ3v) is 3.26. The molecule has 0 spiro atoms. The molecule has 0 bridgehead atoms. The average Bonchev–Trinajstić information content (AvgIpc) is 2.86. The molecule has 5 nitrogen and oxygen atoms in total. The van der Waals surface area contributed by atoms with Gasteiger partial charge in [-0.15, -0.1) is 11.3 Å². The van der Waals surface area contributed by atoms with Crippen molar-refractivity contribution in [2.75, 3.05) is 18.5 Å². The van der Waals surface area contributed by atoms with E-state index in [-0.39, 0.29) is 17.4 Å². The Bertz CT molecular complexity index is 409. The molecule has 1 atom stereocenters. The van der Waals surface area contributed by atoms with E-state index in [0.717, 1.165) is 0 Å². The molecular weight excluding hydrogens is 230 g/mol. The van der Waals surface area contributed by atoms with Crippen LogP contribution in [-0.2, 0) is 9.53 Å². The van der Waals surface area contributed by atoms with Gasteiger partial charge in [0.1, 0.15) is 5.00 Å². The van der Waals surface area contributed by atoms with Crippen molar-refractivity contribution in [3.05, 3.63) is 17.0 Å². The molecule has 1 saturated heterocycles. The van der Waals surface area contributed by atoms with Crippen molar-refractivity contribution < 1.29 is 19.4 Å². The zero-order valence-electron chi connectivity index (χ0n) is 8.43. The van der Waals surface area contributed by atoms with Crippen molar-refractivity contribution in [2.45, 2.75) is 6.42 Å². The number of thiophene rings is 1. The van der Waals surface area contributed by atoms with E-state index in [9.17, 15) is 9.59 Å². The summed E-state index contributed by atoms with van der Waals surface area (Å²) in [6, 6.07) is 1.48. The van der Waals surface area contributed by atoms with Crippen LogP contribution in [0.3, 0.4) is 0 Å². The number of hydrogen-bond donors (Lipinski definition) is 2. The highest BCUT2D eigenvalue weighted by molar-refractivity contribution is 7.14. The summed E-state index contributed by atoms with van der Waals surface area (Å²) < 4.78 is 5.10. The summed E-state index contributed by atoms with van der Waals surface area (Å²) in [6.07, 6.45) is 0.694. The van der Waals surface area contributed by atoms with Gasteiger partial charge in [-0.05, 0) is 17.9 Å². The number of aromatic carboxylic acids is 1. The van der Waals surface area contributed by atoms with Gasteiger partial charge in [0.15, 0.2) is 0 Å². The molecule has 2 heterocycles. The molecule has 0 aromatic carbocycles. The van der Waals surface area contributed by atoms with Crippen LogP contribution in [0.5, 0.6) is 0 Å². The summed E-state index contributed by atoms with van der Waals surface area (Å²) in [4.78, 5) is 22.5. The van der Waals surface area contributed by atoms with Gasteiger partial charge in [-0.2, -0.15) is 0 Å². The Morgan fingerprint density at radius 3 is 3.00 bits per heavy atom. The zero-order valence-corrected chi connectivity index (χ0v) is 9.25. The molecule has 1 aliphatic heterocycles. The Morgan fingerprint density at radius 1 is 1.56 bits per heavy atom. The van der Waals surface area contributed by atoms with Crippen LogP contribution in [-0.4, -0.2) is 30.2 Å². The van der Waals surface area contributed by atoms with Gasteiger partial charge in [-0.25, -0.2) is 4.79 Å². The first-order valence-corrected chi connectivity index (χ1v) is 5.76. The number of carboxylic acids is 1. The van der Waals surface area contributed by atoms with Crippen LogP contribution < -0.4 is 5.32 Å². The SMILES string of the molecule is O=C(O)c1ccsc1NC(=O)C1CCOC1. The Kier molecular flexibility index (Phi) is 3.21. The summed E-state index contributed by atoms with van der Waals surface area (Å²) in [7, 11) is 0. The fourth-order valence-electron chi connectivity index (χ4n) is 1.53. The van der Waals surface area contributed by atoms with Crippen LogP contribution in [0.4, 0.5) is 5.00 Å². The van der Waals surface area contributed by atoms with Gasteiger partial charge in [-0.3, -0.25) is 4.79 Å². The van der Waals surface area contributed by atoms with Crippen molar-refractivity contribution in [2.24, 2.45) is 5.92 Å². The lowest BCUT2D eigenvalue weighted by Gasteiger charge is -2.08. The van der Waals surface area contributed by atoms with Crippen molar-refractivity contribution in [3.63, 3.8) is 0 Å². The van der Waals surface area contributed by atoms with Crippen LogP contribution >= 0.6 is 11.3 Å². The maximum Gasteiger partial charge on any atom is 0.338 e. The molecule has 1 aliphatic rings. The minimum Gasteiger partial charge on any atom is -0.478 e. The minimum atomic E-state index is -1.03. The van der Waals surface area contributed by atoms with Gasteiger partial charge >= 0.3 is 5.97 Å². The Morgan fingerprint density at radius 2 is 2.38 bits per heavy atom. The Hall–Kier alpha value is -1.40. The molecule has 0 aliphatic carbocycles. The average molecular weight is 241 g/mol. The molecule has 0 radical (unpaired) electrons. The Labute approximate surface area is 96.0 Å². The van der Waals surface area contributed by atoms with E-state index >= 15 is 0 Å². The van der Waals surface area contributed by atoms with E-state index in [1.807, 2.05) is 0 Å². The van der Waals surface area contributed by atoms with Gasteiger partial charge in [0, 0.05) is 6.61 Å². The van der Waals surface area contributed by atoms with Crippen molar-refractivity contribution in [3.8, 4) is 0 Å². The number of carboxylic acid groups (broad SMARTS) is 1. The maximum absolute atomic E-state index is 11.7. The second-order valence-corrected chi connectivity index (χ2v) is 4.43. The number of carbonyl (C=O) groups is 2. The highest BCUT2D eigenvalue weighted by Crippen LogP contribution is 2.24. The number of anilines is 1. The van der Waals surface area contributed by atoms with Crippen molar-refractivity contribution in [1.29, 1.82) is 0 Å². The standard InChI is InChI=1S/C10H11NO4S/c12-8(6-1-3-15-5-6)11-9-7(10(13)14)2-4-16-9/h2,4,6H,1,3,5H2,(H,11,12)(H,13,14). The summed E-state index contributed by atoms with van der Waals surface area (Å²) in [6.45, 7) is 1.01. The third-order valence-electron chi connectivity index (χ3n) is 2.43. The van der Waals surface area contributed by atoms with Crippen LogP contribution in [0.1, 0.15) is 16.8 Å². The number of carbonyl (C=O) groups excluding carboxylic acids is 1. The number of nitrogens with one attached hydrogen (secondary N) is 1. The Balaban J connectivity index is 2.05. The first kappa shape index (κ1) is 11.1. The van der Waals surface area contributed by atoms with Crippen molar-refractivity contribution >= 4 is 28.2 Å². The molecule has 1 aromatic heterocycles. The van der Waals surface area contributed by atoms with Crippen LogP contribution in [0, 0.1) is 5.92 Å². The van der Waals surface area contributed by atoms with Gasteiger partial charge in [0.05, 0.1) is 18.1 Å². The lowest BCUT2D eigenvalue weighted by atomic mass is 10.1. The molecule has 1 unspecified atom stereocenters. The van der Waals surface area contributed by atoms with Crippen LogP contribution in [0.2, 0.25) is 0 Å². The van der Waals surface area contributed by atoms with E-state index in [1.54, 1.807) is 5.38 Å². The maximum atomic E-state index is 11.7. The number of rotatable bonds is 3. The molecule has 86 valence electrons. The second kappa shape index (κ2) is 4.63. The smallest absolute Gasteiger partial charge is 0.338 e. The minimum absolute atomic E-state index is 0.136. The van der Waals surface area contributed by atoms with E-state index in [0.29, 0.717) is 24.6 Å². The predicted octanol–water partition coefficient (Wildman–Crippen LogP) is 1.42. The summed E-state index contributed by atoms with van der Waals surface area (Å²) in [5.41, 5.74) is 0.136. The molecular formula is C10H11NO4S. The van der Waals surface area contributed by atoms with Gasteiger partial charge < -0.3 is 15.2 Å². The first-order valence-electron chi connectivity index (χ1n) is 4.88. The molecule has 6 heteroatoms. The quantitative estimate of drug-likeness (QED) is 0.839. The fraction of sp³-hybridized carbons (Fsp3) is 0.400. The van der Waals surface area contributed by atoms with Gasteiger partial charge in [-0.1, -0.05) is 0 Å². The molecule has 2 N–H and O–H groups in total.